The molecule has 144 valence electrons. The minimum absolute atomic E-state index is 0.473. The Bertz CT molecular complexity index is 1040. The van der Waals surface area contributed by atoms with Crippen molar-refractivity contribution in [1.29, 1.82) is 0 Å². The summed E-state index contributed by atoms with van der Waals surface area (Å²) in [5.74, 6) is 2.21. The Kier molecular flexibility index (Phi) is 4.84. The number of rotatable bonds is 5. The van der Waals surface area contributed by atoms with Crippen molar-refractivity contribution in [1.82, 2.24) is 24.7 Å². The van der Waals surface area contributed by atoms with Gasteiger partial charge in [0, 0.05) is 28.4 Å². The van der Waals surface area contributed by atoms with E-state index in [1.54, 1.807) is 11.3 Å². The summed E-state index contributed by atoms with van der Waals surface area (Å²) in [5, 5.41) is 23.2. The minimum Gasteiger partial charge on any atom is -0.368 e. The Hall–Kier alpha value is -2.29. The lowest BCUT2D eigenvalue weighted by molar-refractivity contribution is 0.130. The molecule has 0 saturated carbocycles. The second-order valence-corrected chi connectivity index (χ2v) is 9.01. The van der Waals surface area contributed by atoms with Gasteiger partial charge in [0.1, 0.15) is 5.82 Å². The largest absolute Gasteiger partial charge is 0.368 e. The third-order valence-corrected chi connectivity index (χ3v) is 7.06. The fraction of sp³-hybridized carbons (Fsp3) is 0.350. The highest BCUT2D eigenvalue weighted by molar-refractivity contribution is 7.10. The lowest BCUT2D eigenvalue weighted by Gasteiger charge is -2.39. The van der Waals surface area contributed by atoms with Crippen LogP contribution in [0.2, 0.25) is 0 Å². The number of nitrogens with zero attached hydrogens (tertiary/aromatic N) is 5. The van der Waals surface area contributed by atoms with Crippen LogP contribution in [0.1, 0.15) is 23.8 Å². The van der Waals surface area contributed by atoms with Gasteiger partial charge >= 0.3 is 0 Å². The van der Waals surface area contributed by atoms with Crippen molar-refractivity contribution in [3.8, 4) is 11.4 Å². The Labute approximate surface area is 171 Å². The van der Waals surface area contributed by atoms with Gasteiger partial charge in [-0.25, -0.2) is 0 Å². The first-order valence-corrected chi connectivity index (χ1v) is 11.3. The van der Waals surface area contributed by atoms with Crippen molar-refractivity contribution < 1.29 is 0 Å². The van der Waals surface area contributed by atoms with E-state index in [1.807, 2.05) is 39.4 Å². The topological polar surface area (TPSA) is 58.3 Å². The van der Waals surface area contributed by atoms with Crippen molar-refractivity contribution in [2.75, 3.05) is 25.5 Å². The van der Waals surface area contributed by atoms with E-state index in [2.05, 4.69) is 50.4 Å². The van der Waals surface area contributed by atoms with E-state index in [0.29, 0.717) is 12.0 Å². The van der Waals surface area contributed by atoms with Crippen LogP contribution < -0.4 is 5.32 Å². The molecule has 1 fully saturated rings. The number of fused-ring (bicyclic) bond motifs is 1. The van der Waals surface area contributed by atoms with E-state index < -0.39 is 0 Å². The van der Waals surface area contributed by atoms with Crippen LogP contribution >= 0.6 is 22.7 Å². The van der Waals surface area contributed by atoms with E-state index >= 15 is 0 Å². The zero-order chi connectivity index (χ0) is 18.9. The predicted molar refractivity (Wildman–Crippen MR) is 115 cm³/mol. The average molecular weight is 411 g/mol. The zero-order valence-electron chi connectivity index (χ0n) is 15.7. The Morgan fingerprint density at radius 3 is 2.96 bits per heavy atom. The van der Waals surface area contributed by atoms with Crippen molar-refractivity contribution in [3.05, 3.63) is 51.3 Å². The number of hydrogen-bond acceptors (Lipinski definition) is 7. The fourth-order valence-corrected chi connectivity index (χ4v) is 5.69. The molecule has 4 aromatic heterocycles. The van der Waals surface area contributed by atoms with E-state index in [0.717, 1.165) is 35.9 Å². The molecule has 2 atom stereocenters. The van der Waals surface area contributed by atoms with Crippen LogP contribution in [0, 0.1) is 5.92 Å². The summed E-state index contributed by atoms with van der Waals surface area (Å²) in [6.07, 6.45) is 2.47. The summed E-state index contributed by atoms with van der Waals surface area (Å²) < 4.78 is 1.83. The van der Waals surface area contributed by atoms with Gasteiger partial charge in [-0.1, -0.05) is 6.07 Å². The molecule has 0 amide bonds. The van der Waals surface area contributed by atoms with Gasteiger partial charge in [-0.3, -0.25) is 4.90 Å². The lowest BCUT2D eigenvalue weighted by atomic mass is 9.88. The predicted octanol–water partition coefficient (Wildman–Crippen LogP) is 4.41. The number of likely N-dealkylation sites (tertiary alicyclic amines) is 1. The van der Waals surface area contributed by atoms with Gasteiger partial charge in [0.25, 0.3) is 0 Å². The molecule has 5 rings (SSSR count). The molecule has 2 unspecified atom stereocenters. The molecule has 0 radical (unpaired) electrons. The van der Waals surface area contributed by atoms with E-state index in [4.69, 9.17) is 5.10 Å². The van der Waals surface area contributed by atoms with Crippen LogP contribution in [0.5, 0.6) is 0 Å². The maximum Gasteiger partial charge on any atom is 0.186 e. The van der Waals surface area contributed by atoms with Crippen molar-refractivity contribution >= 4 is 34.1 Å². The Morgan fingerprint density at radius 1 is 1.18 bits per heavy atom. The average Bonchev–Trinajstić information content (AvgIpc) is 3.46. The van der Waals surface area contributed by atoms with Crippen LogP contribution in [-0.4, -0.2) is 44.8 Å². The highest BCUT2D eigenvalue weighted by atomic mass is 32.1. The van der Waals surface area contributed by atoms with Crippen LogP contribution in [0.25, 0.3) is 17.0 Å². The van der Waals surface area contributed by atoms with Crippen molar-refractivity contribution in [2.45, 2.75) is 18.9 Å². The van der Waals surface area contributed by atoms with Crippen molar-refractivity contribution in [2.24, 2.45) is 5.92 Å². The van der Waals surface area contributed by atoms with Crippen LogP contribution in [0.3, 0.4) is 0 Å². The van der Waals surface area contributed by atoms with Gasteiger partial charge in [0.15, 0.2) is 11.5 Å². The van der Waals surface area contributed by atoms with Gasteiger partial charge in [-0.15, -0.1) is 26.6 Å². The molecule has 6 nitrogen and oxygen atoms in total. The highest BCUT2D eigenvalue weighted by Gasteiger charge is 2.31. The maximum atomic E-state index is 4.76. The first-order chi connectivity index (χ1) is 13.8. The molecule has 8 heteroatoms. The molecule has 1 N–H and O–H groups in total. The van der Waals surface area contributed by atoms with E-state index in [1.165, 1.54) is 17.7 Å². The number of aromatic nitrogens is 4. The molecule has 4 aromatic rings. The van der Waals surface area contributed by atoms with Gasteiger partial charge < -0.3 is 5.32 Å². The van der Waals surface area contributed by atoms with Gasteiger partial charge in [-0.2, -0.15) is 15.9 Å². The smallest absolute Gasteiger partial charge is 0.186 e. The second-order valence-electron chi connectivity index (χ2n) is 7.25. The second kappa shape index (κ2) is 7.62. The number of thiophene rings is 2. The molecular formula is C20H22N6S2. The SMILES string of the molecule is CN1CCCC(CNc2ccc3nnc(-c4ccsc4)n3n2)C1c1cccs1. The first-order valence-electron chi connectivity index (χ1n) is 9.52. The fourth-order valence-electron chi connectivity index (χ4n) is 4.07. The molecule has 0 spiro atoms. The van der Waals surface area contributed by atoms with E-state index in [-0.39, 0.29) is 0 Å². The maximum absolute atomic E-state index is 4.76. The Balaban J connectivity index is 1.37. The summed E-state index contributed by atoms with van der Waals surface area (Å²) in [5.41, 5.74) is 1.81. The molecule has 1 aliphatic rings. The normalized spacial score (nSPS) is 20.6. The Morgan fingerprint density at radius 2 is 2.14 bits per heavy atom. The quantitative estimate of drug-likeness (QED) is 0.528. The number of hydrogen-bond donors (Lipinski definition) is 1. The van der Waals surface area contributed by atoms with Gasteiger partial charge in [0.2, 0.25) is 0 Å². The summed E-state index contributed by atoms with van der Waals surface area (Å²) in [6.45, 7) is 2.06. The molecule has 0 aliphatic carbocycles. The zero-order valence-corrected chi connectivity index (χ0v) is 17.3. The summed E-state index contributed by atoms with van der Waals surface area (Å²) in [6, 6.07) is 10.9. The molecule has 1 saturated heterocycles. The summed E-state index contributed by atoms with van der Waals surface area (Å²) in [7, 11) is 2.24. The molecule has 28 heavy (non-hydrogen) atoms. The highest BCUT2D eigenvalue weighted by Crippen LogP contribution is 2.37. The minimum atomic E-state index is 0.473. The molecule has 1 aliphatic heterocycles. The van der Waals surface area contributed by atoms with Crippen LogP contribution in [-0.2, 0) is 0 Å². The van der Waals surface area contributed by atoms with Crippen LogP contribution in [0.15, 0.2) is 46.5 Å². The van der Waals surface area contributed by atoms with Gasteiger partial charge in [0.05, 0.1) is 0 Å². The molecule has 5 heterocycles. The van der Waals surface area contributed by atoms with E-state index in [9.17, 15) is 0 Å². The van der Waals surface area contributed by atoms with Crippen molar-refractivity contribution in [3.63, 3.8) is 0 Å². The van der Waals surface area contributed by atoms with Crippen LogP contribution in [0.4, 0.5) is 5.82 Å². The molecule has 0 aromatic carbocycles. The number of anilines is 1. The first kappa shape index (κ1) is 17.8. The third-order valence-electron chi connectivity index (χ3n) is 5.43. The lowest BCUT2D eigenvalue weighted by Crippen LogP contribution is -2.38. The number of piperidine rings is 1. The monoisotopic (exact) mass is 410 g/mol. The molecule has 0 bridgehead atoms. The standard InChI is InChI=1S/C20H22N6S2/c1-25-9-2-4-14(19(25)16-5-3-10-28-16)12-21-17-6-7-18-22-23-20(26(18)24-17)15-8-11-27-13-15/h3,5-8,10-11,13-14,19H,2,4,9,12H2,1H3,(H,21,24). The summed E-state index contributed by atoms with van der Waals surface area (Å²) in [4.78, 5) is 3.95. The summed E-state index contributed by atoms with van der Waals surface area (Å²) >= 11 is 3.51. The number of nitrogens with one attached hydrogen (secondary N) is 1. The third kappa shape index (κ3) is 3.32. The van der Waals surface area contributed by atoms with Gasteiger partial charge in [-0.05, 0) is 67.4 Å². The molecular weight excluding hydrogens is 388 g/mol.